The Balaban J connectivity index is 1.51. The number of hydrogen-bond acceptors (Lipinski definition) is 4. The van der Waals surface area contributed by atoms with Gasteiger partial charge in [-0.25, -0.2) is 0 Å². The zero-order chi connectivity index (χ0) is 18.4. The Morgan fingerprint density at radius 2 is 1.88 bits per heavy atom. The fraction of sp³-hybridized carbons (Fsp3) is 0.190. The van der Waals surface area contributed by atoms with E-state index in [1.54, 1.807) is 6.26 Å². The van der Waals surface area contributed by atoms with Crippen molar-refractivity contribution in [1.82, 2.24) is 4.90 Å². The van der Waals surface area contributed by atoms with Crippen LogP contribution in [0.1, 0.15) is 11.3 Å². The third kappa shape index (κ3) is 5.22. The SMILES string of the molecule is Cc1cccc(Oc2ccc(NC(=O)CN(C)Cc3ccco3)cc2)c1. The predicted octanol–water partition coefficient (Wildman–Crippen LogP) is 4.45. The van der Waals surface area contributed by atoms with Gasteiger partial charge >= 0.3 is 0 Å². The third-order valence-corrected chi connectivity index (χ3v) is 3.78. The van der Waals surface area contributed by atoms with E-state index >= 15 is 0 Å². The molecule has 0 spiro atoms. The first-order chi connectivity index (χ1) is 12.6. The van der Waals surface area contributed by atoms with Gasteiger partial charge in [-0.05, 0) is 68.1 Å². The summed E-state index contributed by atoms with van der Waals surface area (Å²) in [4.78, 5) is 14.0. The molecule has 1 N–H and O–H groups in total. The first kappa shape index (κ1) is 17.8. The zero-order valence-electron chi connectivity index (χ0n) is 14.9. The second-order valence-corrected chi connectivity index (χ2v) is 6.24. The molecule has 0 aliphatic carbocycles. The van der Waals surface area contributed by atoms with Crippen LogP contribution in [0, 0.1) is 6.92 Å². The molecule has 0 saturated heterocycles. The summed E-state index contributed by atoms with van der Waals surface area (Å²) in [6.07, 6.45) is 1.63. The second-order valence-electron chi connectivity index (χ2n) is 6.24. The van der Waals surface area contributed by atoms with E-state index in [2.05, 4.69) is 5.32 Å². The Morgan fingerprint density at radius 3 is 2.58 bits per heavy atom. The fourth-order valence-corrected chi connectivity index (χ4v) is 2.59. The molecule has 0 radical (unpaired) electrons. The Kier molecular flexibility index (Phi) is 5.71. The third-order valence-electron chi connectivity index (χ3n) is 3.78. The number of hydrogen-bond donors (Lipinski definition) is 1. The van der Waals surface area contributed by atoms with E-state index in [9.17, 15) is 4.79 Å². The summed E-state index contributed by atoms with van der Waals surface area (Å²) in [5, 5.41) is 2.89. The highest BCUT2D eigenvalue weighted by Crippen LogP contribution is 2.23. The molecule has 1 aromatic heterocycles. The van der Waals surface area contributed by atoms with Gasteiger partial charge in [-0.3, -0.25) is 9.69 Å². The molecule has 26 heavy (non-hydrogen) atoms. The molecule has 5 heteroatoms. The molecular formula is C21H22N2O3. The number of amides is 1. The van der Waals surface area contributed by atoms with Gasteiger partial charge in [-0.15, -0.1) is 0 Å². The zero-order valence-corrected chi connectivity index (χ0v) is 14.9. The lowest BCUT2D eigenvalue weighted by atomic mass is 10.2. The van der Waals surface area contributed by atoms with E-state index in [1.807, 2.05) is 79.5 Å². The van der Waals surface area contributed by atoms with Gasteiger partial charge < -0.3 is 14.5 Å². The largest absolute Gasteiger partial charge is 0.468 e. The monoisotopic (exact) mass is 350 g/mol. The molecule has 0 saturated carbocycles. The highest BCUT2D eigenvalue weighted by molar-refractivity contribution is 5.92. The van der Waals surface area contributed by atoms with Crippen molar-refractivity contribution in [3.8, 4) is 11.5 Å². The summed E-state index contributed by atoms with van der Waals surface area (Å²) >= 11 is 0. The molecule has 1 heterocycles. The Bertz CT molecular complexity index is 842. The first-order valence-electron chi connectivity index (χ1n) is 8.44. The normalized spacial score (nSPS) is 10.7. The van der Waals surface area contributed by atoms with Crippen molar-refractivity contribution in [2.45, 2.75) is 13.5 Å². The molecule has 2 aromatic carbocycles. The van der Waals surface area contributed by atoms with E-state index < -0.39 is 0 Å². The molecule has 0 fully saturated rings. The molecule has 0 aliphatic rings. The average Bonchev–Trinajstić information content (AvgIpc) is 3.09. The van der Waals surface area contributed by atoms with E-state index in [-0.39, 0.29) is 12.5 Å². The molecule has 1 amide bonds. The number of carbonyl (C=O) groups excluding carboxylic acids is 1. The van der Waals surface area contributed by atoms with Crippen LogP contribution >= 0.6 is 0 Å². The Labute approximate surface area is 153 Å². The van der Waals surface area contributed by atoms with Gasteiger partial charge in [-0.2, -0.15) is 0 Å². The maximum absolute atomic E-state index is 12.2. The van der Waals surface area contributed by atoms with Crippen LogP contribution in [0.4, 0.5) is 5.69 Å². The minimum atomic E-state index is -0.0774. The maximum Gasteiger partial charge on any atom is 0.238 e. The van der Waals surface area contributed by atoms with E-state index in [1.165, 1.54) is 0 Å². The standard InChI is InChI=1S/C21H22N2O3/c1-16-5-3-6-19(13-16)26-18-10-8-17(9-11-18)22-21(24)15-23(2)14-20-7-4-12-25-20/h3-13H,14-15H2,1-2H3,(H,22,24). The summed E-state index contributed by atoms with van der Waals surface area (Å²) in [6, 6.07) is 18.9. The number of aryl methyl sites for hydroxylation is 1. The van der Waals surface area contributed by atoms with Crippen molar-refractivity contribution in [1.29, 1.82) is 0 Å². The van der Waals surface area contributed by atoms with Gasteiger partial charge in [0.25, 0.3) is 0 Å². The summed E-state index contributed by atoms with van der Waals surface area (Å²) in [5.41, 5.74) is 1.88. The van der Waals surface area contributed by atoms with Crippen molar-refractivity contribution in [2.75, 3.05) is 18.9 Å². The Morgan fingerprint density at radius 1 is 1.08 bits per heavy atom. The van der Waals surface area contributed by atoms with Crippen molar-refractivity contribution in [3.05, 3.63) is 78.3 Å². The number of benzene rings is 2. The fourth-order valence-electron chi connectivity index (χ4n) is 2.59. The summed E-state index contributed by atoms with van der Waals surface area (Å²) in [7, 11) is 1.88. The predicted molar refractivity (Wildman–Crippen MR) is 101 cm³/mol. The smallest absolute Gasteiger partial charge is 0.238 e. The topological polar surface area (TPSA) is 54.7 Å². The lowest BCUT2D eigenvalue weighted by Gasteiger charge is -2.15. The molecule has 0 aliphatic heterocycles. The number of anilines is 1. The molecule has 5 nitrogen and oxygen atoms in total. The molecule has 134 valence electrons. The first-order valence-corrected chi connectivity index (χ1v) is 8.44. The number of nitrogens with zero attached hydrogens (tertiary/aromatic N) is 1. The lowest BCUT2D eigenvalue weighted by molar-refractivity contribution is -0.117. The van der Waals surface area contributed by atoms with Gasteiger partial charge in [-0.1, -0.05) is 12.1 Å². The van der Waals surface area contributed by atoms with E-state index in [0.717, 1.165) is 28.5 Å². The van der Waals surface area contributed by atoms with Crippen molar-refractivity contribution < 1.29 is 13.9 Å². The van der Waals surface area contributed by atoms with E-state index in [4.69, 9.17) is 9.15 Å². The number of likely N-dealkylation sites (N-methyl/N-ethyl adjacent to an activating group) is 1. The molecule has 0 atom stereocenters. The molecule has 0 unspecified atom stereocenters. The number of ether oxygens (including phenoxy) is 1. The number of carbonyl (C=O) groups is 1. The van der Waals surface area contributed by atoms with E-state index in [0.29, 0.717) is 6.54 Å². The quantitative estimate of drug-likeness (QED) is 0.684. The minimum Gasteiger partial charge on any atom is -0.468 e. The van der Waals surface area contributed by atoms with Crippen LogP contribution in [0.2, 0.25) is 0 Å². The molecular weight excluding hydrogens is 328 g/mol. The summed E-state index contributed by atoms with van der Waals surface area (Å²) < 4.78 is 11.1. The molecule has 3 aromatic rings. The van der Waals surface area contributed by atoms with Gasteiger partial charge in [0.05, 0.1) is 19.4 Å². The van der Waals surface area contributed by atoms with Gasteiger partial charge in [0.2, 0.25) is 5.91 Å². The minimum absolute atomic E-state index is 0.0774. The van der Waals surface area contributed by atoms with Crippen LogP contribution in [-0.2, 0) is 11.3 Å². The highest BCUT2D eigenvalue weighted by atomic mass is 16.5. The van der Waals surface area contributed by atoms with Crippen molar-refractivity contribution in [2.24, 2.45) is 0 Å². The number of rotatable bonds is 7. The average molecular weight is 350 g/mol. The lowest BCUT2D eigenvalue weighted by Crippen LogP contribution is -2.29. The summed E-state index contributed by atoms with van der Waals surface area (Å²) in [6.45, 7) is 2.89. The van der Waals surface area contributed by atoms with Crippen molar-refractivity contribution >= 4 is 11.6 Å². The van der Waals surface area contributed by atoms with Crippen LogP contribution in [0.15, 0.2) is 71.3 Å². The number of nitrogens with one attached hydrogen (secondary N) is 1. The van der Waals surface area contributed by atoms with Crippen molar-refractivity contribution in [3.63, 3.8) is 0 Å². The highest BCUT2D eigenvalue weighted by Gasteiger charge is 2.09. The van der Waals surface area contributed by atoms with Crippen LogP contribution in [0.25, 0.3) is 0 Å². The molecule has 3 rings (SSSR count). The van der Waals surface area contributed by atoms with Crippen LogP contribution in [0.5, 0.6) is 11.5 Å². The molecule has 0 bridgehead atoms. The maximum atomic E-state index is 12.2. The number of furan rings is 1. The van der Waals surface area contributed by atoms with Crippen LogP contribution in [-0.4, -0.2) is 24.4 Å². The van der Waals surface area contributed by atoms with Crippen LogP contribution < -0.4 is 10.1 Å². The van der Waals surface area contributed by atoms with Gasteiger partial charge in [0, 0.05) is 5.69 Å². The van der Waals surface area contributed by atoms with Crippen LogP contribution in [0.3, 0.4) is 0 Å². The van der Waals surface area contributed by atoms with Gasteiger partial charge in [0.1, 0.15) is 17.3 Å². The second kappa shape index (κ2) is 8.36. The Hall–Kier alpha value is -3.05. The summed E-state index contributed by atoms with van der Waals surface area (Å²) in [5.74, 6) is 2.27. The van der Waals surface area contributed by atoms with Gasteiger partial charge in [0.15, 0.2) is 0 Å².